The second kappa shape index (κ2) is 5.68. The Kier molecular flexibility index (Phi) is 3.99. The number of carbonyl (C=O) groups excluding carboxylic acids is 1. The molecule has 6 heteroatoms. The van der Waals surface area contributed by atoms with Crippen LogP contribution in [0.15, 0.2) is 35.3 Å². The summed E-state index contributed by atoms with van der Waals surface area (Å²) in [5, 5.41) is 2.76. The number of aromatic nitrogens is 3. The van der Waals surface area contributed by atoms with Crippen LogP contribution in [0.25, 0.3) is 0 Å². The molecule has 2 heterocycles. The third-order valence-corrected chi connectivity index (χ3v) is 2.72. The first-order chi connectivity index (χ1) is 8.65. The number of halogens is 1. The lowest BCUT2D eigenvalue weighted by Crippen LogP contribution is -2.23. The van der Waals surface area contributed by atoms with E-state index in [2.05, 4.69) is 36.2 Å². The molecule has 0 fully saturated rings. The van der Waals surface area contributed by atoms with Crippen LogP contribution >= 0.6 is 15.9 Å². The number of carbonyl (C=O) groups is 1. The number of hydrogen-bond acceptors (Lipinski definition) is 4. The molecule has 0 aliphatic rings. The molecule has 18 heavy (non-hydrogen) atoms. The minimum atomic E-state index is -0.183. The molecule has 0 spiro atoms. The van der Waals surface area contributed by atoms with Gasteiger partial charge in [-0.05, 0) is 35.0 Å². The van der Waals surface area contributed by atoms with E-state index in [1.165, 1.54) is 6.20 Å². The minimum absolute atomic E-state index is 0.183. The number of nitrogens with one attached hydrogen (secondary N) is 1. The van der Waals surface area contributed by atoms with Gasteiger partial charge in [-0.15, -0.1) is 0 Å². The second-order valence-electron chi connectivity index (χ2n) is 3.70. The summed E-state index contributed by atoms with van der Waals surface area (Å²) < 4.78 is 0.698. The third-order valence-electron chi connectivity index (χ3n) is 2.25. The van der Waals surface area contributed by atoms with Crippen molar-refractivity contribution in [2.75, 3.05) is 0 Å². The third kappa shape index (κ3) is 3.33. The van der Waals surface area contributed by atoms with Crippen LogP contribution in [0.3, 0.4) is 0 Å². The van der Waals surface area contributed by atoms with Gasteiger partial charge in [-0.1, -0.05) is 0 Å². The second-order valence-corrected chi connectivity index (χ2v) is 4.51. The van der Waals surface area contributed by atoms with E-state index in [1.54, 1.807) is 24.5 Å². The highest BCUT2D eigenvalue weighted by atomic mass is 79.9. The summed E-state index contributed by atoms with van der Waals surface area (Å²) in [5.41, 5.74) is 2.08. The van der Waals surface area contributed by atoms with E-state index >= 15 is 0 Å². The number of pyridine rings is 1. The van der Waals surface area contributed by atoms with Gasteiger partial charge in [0.2, 0.25) is 0 Å². The maximum atomic E-state index is 11.8. The lowest BCUT2D eigenvalue weighted by molar-refractivity contribution is 0.0950. The van der Waals surface area contributed by atoms with Gasteiger partial charge in [-0.2, -0.15) is 0 Å². The van der Waals surface area contributed by atoms with Gasteiger partial charge in [-0.25, -0.2) is 4.98 Å². The number of hydrogen-bond donors (Lipinski definition) is 1. The summed E-state index contributed by atoms with van der Waals surface area (Å²) in [6.07, 6.45) is 4.83. The molecule has 0 aromatic carbocycles. The Morgan fingerprint density at radius 1 is 1.22 bits per heavy atom. The van der Waals surface area contributed by atoms with Gasteiger partial charge in [0.1, 0.15) is 4.60 Å². The molecule has 2 aromatic heterocycles. The summed E-state index contributed by atoms with van der Waals surface area (Å²) in [6.45, 7) is 2.21. The number of rotatable bonds is 3. The van der Waals surface area contributed by atoms with E-state index in [1.807, 2.05) is 6.92 Å². The Morgan fingerprint density at radius 2 is 2.06 bits per heavy atom. The Hall–Kier alpha value is -1.82. The highest BCUT2D eigenvalue weighted by Gasteiger charge is 2.05. The summed E-state index contributed by atoms with van der Waals surface area (Å²) in [5.74, 6) is -0.183. The van der Waals surface area contributed by atoms with Crippen molar-refractivity contribution >= 4 is 21.8 Å². The van der Waals surface area contributed by atoms with Crippen LogP contribution in [0.2, 0.25) is 0 Å². The molecule has 0 aliphatic heterocycles. The SMILES string of the molecule is Cc1cnc(CNC(=O)c2ccc(Br)nc2)cn1. The molecule has 0 unspecified atom stereocenters. The van der Waals surface area contributed by atoms with Gasteiger partial charge >= 0.3 is 0 Å². The van der Waals surface area contributed by atoms with E-state index in [0.717, 1.165) is 11.4 Å². The van der Waals surface area contributed by atoms with Crippen LogP contribution in [0.5, 0.6) is 0 Å². The zero-order valence-electron chi connectivity index (χ0n) is 9.72. The van der Waals surface area contributed by atoms with Crippen molar-refractivity contribution in [1.29, 1.82) is 0 Å². The summed E-state index contributed by atoms with van der Waals surface area (Å²) in [4.78, 5) is 24.0. The first kappa shape index (κ1) is 12.6. The van der Waals surface area contributed by atoms with Crippen molar-refractivity contribution in [2.24, 2.45) is 0 Å². The Morgan fingerprint density at radius 3 is 2.67 bits per heavy atom. The summed E-state index contributed by atoms with van der Waals surface area (Å²) in [7, 11) is 0. The molecule has 2 aromatic rings. The minimum Gasteiger partial charge on any atom is -0.346 e. The fourth-order valence-electron chi connectivity index (χ4n) is 1.29. The van der Waals surface area contributed by atoms with E-state index < -0.39 is 0 Å². The zero-order chi connectivity index (χ0) is 13.0. The van der Waals surface area contributed by atoms with Crippen molar-refractivity contribution in [1.82, 2.24) is 20.3 Å². The van der Waals surface area contributed by atoms with Gasteiger partial charge in [0.05, 0.1) is 29.7 Å². The van der Waals surface area contributed by atoms with Gasteiger partial charge in [-0.3, -0.25) is 14.8 Å². The fraction of sp³-hybridized carbons (Fsp3) is 0.167. The topological polar surface area (TPSA) is 67.8 Å². The molecule has 0 saturated carbocycles. The number of amides is 1. The number of aryl methyl sites for hydroxylation is 1. The van der Waals surface area contributed by atoms with Gasteiger partial charge in [0.25, 0.3) is 5.91 Å². The lowest BCUT2D eigenvalue weighted by atomic mass is 10.2. The van der Waals surface area contributed by atoms with Crippen LogP contribution < -0.4 is 5.32 Å². The average molecular weight is 307 g/mol. The number of nitrogens with zero attached hydrogens (tertiary/aromatic N) is 3. The molecule has 0 saturated heterocycles. The molecule has 0 radical (unpaired) electrons. The maximum Gasteiger partial charge on any atom is 0.253 e. The fourth-order valence-corrected chi connectivity index (χ4v) is 1.53. The molecule has 0 aliphatic carbocycles. The molecule has 0 bridgehead atoms. The zero-order valence-corrected chi connectivity index (χ0v) is 11.3. The van der Waals surface area contributed by atoms with Crippen molar-refractivity contribution in [3.63, 3.8) is 0 Å². The highest BCUT2D eigenvalue weighted by molar-refractivity contribution is 9.10. The molecule has 92 valence electrons. The molecular weight excluding hydrogens is 296 g/mol. The maximum absolute atomic E-state index is 11.8. The Bertz CT molecular complexity index is 539. The quantitative estimate of drug-likeness (QED) is 0.879. The molecule has 2 rings (SSSR count). The molecule has 1 N–H and O–H groups in total. The molecular formula is C12H11BrN4O. The van der Waals surface area contributed by atoms with E-state index in [9.17, 15) is 4.79 Å². The normalized spacial score (nSPS) is 10.1. The van der Waals surface area contributed by atoms with Crippen molar-refractivity contribution in [3.8, 4) is 0 Å². The average Bonchev–Trinajstić information content (AvgIpc) is 2.38. The van der Waals surface area contributed by atoms with Crippen LogP contribution in [-0.2, 0) is 6.54 Å². The highest BCUT2D eigenvalue weighted by Crippen LogP contribution is 2.06. The van der Waals surface area contributed by atoms with E-state index in [0.29, 0.717) is 16.7 Å². The summed E-state index contributed by atoms with van der Waals surface area (Å²) >= 11 is 3.22. The standard InChI is InChI=1S/C12H11BrN4O/c1-8-4-15-10(6-14-8)7-17-12(18)9-2-3-11(13)16-5-9/h2-6H,7H2,1H3,(H,17,18). The van der Waals surface area contributed by atoms with Gasteiger partial charge in [0, 0.05) is 12.4 Å². The smallest absolute Gasteiger partial charge is 0.253 e. The first-order valence-corrected chi connectivity index (χ1v) is 6.12. The Labute approximate surface area is 113 Å². The lowest BCUT2D eigenvalue weighted by Gasteiger charge is -2.04. The largest absolute Gasteiger partial charge is 0.346 e. The first-order valence-electron chi connectivity index (χ1n) is 5.32. The van der Waals surface area contributed by atoms with Gasteiger partial charge < -0.3 is 5.32 Å². The van der Waals surface area contributed by atoms with Crippen LogP contribution in [0.4, 0.5) is 0 Å². The summed E-state index contributed by atoms with van der Waals surface area (Å²) in [6, 6.07) is 3.42. The van der Waals surface area contributed by atoms with Crippen LogP contribution in [0.1, 0.15) is 21.7 Å². The predicted molar refractivity (Wildman–Crippen MR) is 69.9 cm³/mol. The molecule has 5 nitrogen and oxygen atoms in total. The van der Waals surface area contributed by atoms with Crippen LogP contribution in [-0.4, -0.2) is 20.9 Å². The van der Waals surface area contributed by atoms with Gasteiger partial charge in [0.15, 0.2) is 0 Å². The van der Waals surface area contributed by atoms with E-state index in [4.69, 9.17) is 0 Å². The van der Waals surface area contributed by atoms with Crippen LogP contribution in [0, 0.1) is 6.92 Å². The molecule has 0 atom stereocenters. The van der Waals surface area contributed by atoms with Crippen molar-refractivity contribution in [3.05, 3.63) is 52.3 Å². The predicted octanol–water partition coefficient (Wildman–Crippen LogP) is 1.87. The van der Waals surface area contributed by atoms with E-state index in [-0.39, 0.29) is 5.91 Å². The monoisotopic (exact) mass is 306 g/mol. The molecule has 1 amide bonds. The van der Waals surface area contributed by atoms with Crippen molar-refractivity contribution < 1.29 is 4.79 Å². The Balaban J connectivity index is 1.96. The van der Waals surface area contributed by atoms with Crippen molar-refractivity contribution in [2.45, 2.75) is 13.5 Å².